The lowest BCUT2D eigenvalue weighted by atomic mass is 10.1. The van der Waals surface area contributed by atoms with E-state index in [2.05, 4.69) is 16.7 Å². The van der Waals surface area contributed by atoms with E-state index >= 15 is 0 Å². The molecular formula is C14H11ClN2O. The molecule has 90 valence electrons. The van der Waals surface area contributed by atoms with Gasteiger partial charge in [0.15, 0.2) is 0 Å². The number of aromatic nitrogens is 1. The first-order chi connectivity index (χ1) is 8.60. The Balaban J connectivity index is 2.40. The van der Waals surface area contributed by atoms with Gasteiger partial charge in [0, 0.05) is 11.1 Å². The third kappa shape index (κ3) is 2.63. The summed E-state index contributed by atoms with van der Waals surface area (Å²) in [6.07, 6.45) is 0. The molecule has 3 nitrogen and oxygen atoms in total. The van der Waals surface area contributed by atoms with Gasteiger partial charge in [-0.25, -0.2) is 9.98 Å². The van der Waals surface area contributed by atoms with Gasteiger partial charge in [0.05, 0.1) is 5.69 Å². The van der Waals surface area contributed by atoms with E-state index in [9.17, 15) is 4.79 Å². The van der Waals surface area contributed by atoms with Gasteiger partial charge in [0.2, 0.25) is 0 Å². The molecule has 0 atom stereocenters. The summed E-state index contributed by atoms with van der Waals surface area (Å²) in [5.41, 5.74) is 3.23. The van der Waals surface area contributed by atoms with Crippen LogP contribution in [0.1, 0.15) is 15.9 Å². The first kappa shape index (κ1) is 12.5. The predicted molar refractivity (Wildman–Crippen MR) is 73.3 cm³/mol. The third-order valence-electron chi connectivity index (χ3n) is 2.51. The molecule has 0 aliphatic rings. The van der Waals surface area contributed by atoms with Crippen LogP contribution >= 0.6 is 11.6 Å². The predicted octanol–water partition coefficient (Wildman–Crippen LogP) is 3.55. The topological polar surface area (TPSA) is 42.3 Å². The number of hydrogen-bond donors (Lipinski definition) is 0. The number of carbonyl (C=O) groups excluding carboxylic acids is 1. The van der Waals surface area contributed by atoms with Crippen LogP contribution in [0.3, 0.4) is 0 Å². The van der Waals surface area contributed by atoms with E-state index < -0.39 is 0 Å². The molecular weight excluding hydrogens is 248 g/mol. The highest BCUT2D eigenvalue weighted by atomic mass is 35.5. The lowest BCUT2D eigenvalue weighted by molar-refractivity contribution is 0.100. The van der Waals surface area contributed by atoms with Crippen LogP contribution in [-0.2, 0) is 0 Å². The Morgan fingerprint density at radius 2 is 1.94 bits per heavy atom. The van der Waals surface area contributed by atoms with Gasteiger partial charge in [0.25, 0.3) is 5.91 Å². The molecule has 0 fully saturated rings. The molecule has 2 aromatic rings. The number of aryl methyl sites for hydroxylation is 1. The maximum atomic E-state index is 11.3. The van der Waals surface area contributed by atoms with Gasteiger partial charge in [-0.3, -0.25) is 4.79 Å². The SMILES string of the molecule is C=NC(=O)c1ccc(-c2cc(C)cc(Cl)n2)cc1. The van der Waals surface area contributed by atoms with Crippen LogP contribution in [0.4, 0.5) is 0 Å². The van der Waals surface area contributed by atoms with Gasteiger partial charge >= 0.3 is 0 Å². The molecule has 2 rings (SSSR count). The van der Waals surface area contributed by atoms with E-state index in [4.69, 9.17) is 11.6 Å². The summed E-state index contributed by atoms with van der Waals surface area (Å²) in [6.45, 7) is 5.17. The van der Waals surface area contributed by atoms with Gasteiger partial charge in [-0.1, -0.05) is 23.7 Å². The lowest BCUT2D eigenvalue weighted by Crippen LogP contribution is -1.93. The fourth-order valence-corrected chi connectivity index (χ4v) is 1.91. The standard InChI is InChI=1S/C14H11ClN2O/c1-9-7-12(17-13(15)8-9)10-3-5-11(6-4-10)14(18)16-2/h3-8H,2H2,1H3. The van der Waals surface area contributed by atoms with Crippen LogP contribution < -0.4 is 0 Å². The molecule has 1 heterocycles. The lowest BCUT2D eigenvalue weighted by Gasteiger charge is -2.04. The van der Waals surface area contributed by atoms with Crippen molar-refractivity contribution < 1.29 is 4.79 Å². The van der Waals surface area contributed by atoms with E-state index in [1.54, 1.807) is 18.2 Å². The number of pyridine rings is 1. The molecule has 0 aliphatic heterocycles. The zero-order valence-electron chi connectivity index (χ0n) is 9.85. The molecule has 0 saturated heterocycles. The molecule has 0 bridgehead atoms. The second-order valence-electron chi connectivity index (χ2n) is 3.89. The van der Waals surface area contributed by atoms with Gasteiger partial charge in [-0.15, -0.1) is 0 Å². The number of aliphatic imine (C=N–C) groups is 1. The second kappa shape index (κ2) is 5.10. The summed E-state index contributed by atoms with van der Waals surface area (Å²) in [6, 6.07) is 10.8. The van der Waals surface area contributed by atoms with E-state index in [-0.39, 0.29) is 5.91 Å². The van der Waals surface area contributed by atoms with Crippen LogP contribution in [0.15, 0.2) is 41.4 Å². The molecule has 4 heteroatoms. The number of nitrogens with zero attached hydrogens (tertiary/aromatic N) is 2. The Hall–Kier alpha value is -2.00. The Labute approximate surface area is 110 Å². The first-order valence-electron chi connectivity index (χ1n) is 5.36. The average Bonchev–Trinajstić information content (AvgIpc) is 2.37. The van der Waals surface area contributed by atoms with Crippen LogP contribution in [0, 0.1) is 6.92 Å². The average molecular weight is 259 g/mol. The Kier molecular flexibility index (Phi) is 3.53. The highest BCUT2D eigenvalue weighted by Crippen LogP contribution is 2.21. The van der Waals surface area contributed by atoms with E-state index in [1.165, 1.54) is 0 Å². The molecule has 0 radical (unpaired) electrons. The Morgan fingerprint density at radius 3 is 2.50 bits per heavy atom. The van der Waals surface area contributed by atoms with Crippen molar-refractivity contribution in [3.8, 4) is 11.3 Å². The van der Waals surface area contributed by atoms with Crippen molar-refractivity contribution in [3.63, 3.8) is 0 Å². The second-order valence-corrected chi connectivity index (χ2v) is 4.28. The van der Waals surface area contributed by atoms with Crippen LogP contribution in [-0.4, -0.2) is 17.6 Å². The van der Waals surface area contributed by atoms with Crippen molar-refractivity contribution in [1.29, 1.82) is 0 Å². The summed E-state index contributed by atoms with van der Waals surface area (Å²) in [5, 5.41) is 0.456. The fraction of sp³-hybridized carbons (Fsp3) is 0.0714. The van der Waals surface area contributed by atoms with Gasteiger partial charge in [-0.05, 0) is 43.5 Å². The number of hydrogen-bond acceptors (Lipinski definition) is 2. The Bertz CT molecular complexity index is 585. The van der Waals surface area contributed by atoms with Gasteiger partial charge in [-0.2, -0.15) is 0 Å². The van der Waals surface area contributed by atoms with Gasteiger partial charge in [0.1, 0.15) is 5.15 Å². The van der Waals surface area contributed by atoms with Gasteiger partial charge < -0.3 is 0 Å². The van der Waals surface area contributed by atoms with E-state index in [0.717, 1.165) is 16.8 Å². The van der Waals surface area contributed by atoms with E-state index in [0.29, 0.717) is 10.7 Å². The minimum absolute atomic E-state index is 0.336. The normalized spacial score (nSPS) is 10.1. The molecule has 0 N–H and O–H groups in total. The summed E-state index contributed by atoms with van der Waals surface area (Å²) in [4.78, 5) is 18.9. The molecule has 1 amide bonds. The molecule has 0 saturated carbocycles. The third-order valence-corrected chi connectivity index (χ3v) is 2.70. The van der Waals surface area contributed by atoms with Crippen LogP contribution in [0.5, 0.6) is 0 Å². The maximum absolute atomic E-state index is 11.3. The number of halogens is 1. The number of benzene rings is 1. The molecule has 0 unspecified atom stereocenters. The quantitative estimate of drug-likeness (QED) is 0.611. The minimum atomic E-state index is -0.336. The molecule has 1 aromatic heterocycles. The monoisotopic (exact) mass is 258 g/mol. The largest absolute Gasteiger partial charge is 0.276 e. The van der Waals surface area contributed by atoms with Crippen molar-refractivity contribution in [2.45, 2.75) is 6.92 Å². The summed E-state index contributed by atoms with van der Waals surface area (Å²) < 4.78 is 0. The van der Waals surface area contributed by atoms with Crippen LogP contribution in [0.2, 0.25) is 5.15 Å². The van der Waals surface area contributed by atoms with Crippen molar-refractivity contribution in [2.75, 3.05) is 0 Å². The van der Waals surface area contributed by atoms with Crippen molar-refractivity contribution >= 4 is 24.2 Å². The zero-order chi connectivity index (χ0) is 13.1. The summed E-state index contributed by atoms with van der Waals surface area (Å²) >= 11 is 5.92. The molecule has 18 heavy (non-hydrogen) atoms. The van der Waals surface area contributed by atoms with Crippen molar-refractivity contribution in [3.05, 3.63) is 52.7 Å². The van der Waals surface area contributed by atoms with Crippen molar-refractivity contribution in [2.24, 2.45) is 4.99 Å². The first-order valence-corrected chi connectivity index (χ1v) is 5.73. The highest BCUT2D eigenvalue weighted by molar-refractivity contribution is 6.29. The minimum Gasteiger partial charge on any atom is -0.267 e. The summed E-state index contributed by atoms with van der Waals surface area (Å²) in [5.74, 6) is -0.336. The van der Waals surface area contributed by atoms with E-state index in [1.807, 2.05) is 25.1 Å². The fourth-order valence-electron chi connectivity index (χ4n) is 1.65. The number of carbonyl (C=O) groups is 1. The highest BCUT2D eigenvalue weighted by Gasteiger charge is 2.05. The maximum Gasteiger partial charge on any atom is 0.276 e. The molecule has 0 aliphatic carbocycles. The smallest absolute Gasteiger partial charge is 0.267 e. The number of amides is 1. The Morgan fingerprint density at radius 1 is 1.28 bits per heavy atom. The molecule has 1 aromatic carbocycles. The van der Waals surface area contributed by atoms with Crippen molar-refractivity contribution in [1.82, 2.24) is 4.98 Å². The molecule has 0 spiro atoms. The number of rotatable bonds is 2. The zero-order valence-corrected chi connectivity index (χ0v) is 10.6. The van der Waals surface area contributed by atoms with Crippen LogP contribution in [0.25, 0.3) is 11.3 Å². The summed E-state index contributed by atoms with van der Waals surface area (Å²) in [7, 11) is 0.